The summed E-state index contributed by atoms with van der Waals surface area (Å²) >= 11 is 7.74. The van der Waals surface area contributed by atoms with Crippen LogP contribution in [0.15, 0.2) is 24.3 Å². The maximum absolute atomic E-state index is 11.4. The molecule has 0 aliphatic rings. The van der Waals surface area contributed by atoms with Gasteiger partial charge in [-0.1, -0.05) is 11.6 Å². The number of halogens is 1. The Morgan fingerprint density at radius 3 is 2.68 bits per heavy atom. The lowest BCUT2D eigenvalue weighted by atomic mass is 10.1. The summed E-state index contributed by atoms with van der Waals surface area (Å²) in [6.45, 7) is 4.14. The Hall–Kier alpha value is -1.58. The fourth-order valence-corrected chi connectivity index (χ4v) is 3.50. The largest absolute Gasteiger partial charge is 0.354 e. The van der Waals surface area contributed by atoms with E-state index >= 15 is 0 Å². The van der Waals surface area contributed by atoms with E-state index in [1.54, 1.807) is 11.3 Å². The van der Waals surface area contributed by atoms with E-state index in [9.17, 15) is 4.79 Å². The molecular weight excluding hydrogens is 278 g/mol. The zero-order valence-corrected chi connectivity index (χ0v) is 12.2. The van der Waals surface area contributed by atoms with Crippen molar-refractivity contribution < 1.29 is 4.79 Å². The highest BCUT2D eigenvalue weighted by atomic mass is 35.5. The van der Waals surface area contributed by atoms with Crippen LogP contribution in [0.2, 0.25) is 5.02 Å². The van der Waals surface area contributed by atoms with Gasteiger partial charge in [0.1, 0.15) is 0 Å². The first-order chi connectivity index (χ1) is 9.10. The molecule has 1 aromatic carbocycles. The number of rotatable bonds is 2. The van der Waals surface area contributed by atoms with Crippen LogP contribution >= 0.6 is 22.9 Å². The average Bonchev–Trinajstić information content (AvgIpc) is 2.88. The molecule has 0 saturated heterocycles. The fourth-order valence-electron chi connectivity index (χ4n) is 2.40. The fraction of sp³-hybridized carbons (Fsp3) is 0.133. The summed E-state index contributed by atoms with van der Waals surface area (Å²) in [5, 5.41) is 1.51. The molecule has 0 bridgehead atoms. The van der Waals surface area contributed by atoms with Gasteiger partial charge in [0.15, 0.2) is 6.29 Å². The summed E-state index contributed by atoms with van der Waals surface area (Å²) in [5.41, 5.74) is 3.59. The van der Waals surface area contributed by atoms with Crippen LogP contribution in [-0.2, 0) is 0 Å². The van der Waals surface area contributed by atoms with Gasteiger partial charge in [-0.25, -0.2) is 0 Å². The summed E-state index contributed by atoms with van der Waals surface area (Å²) in [5.74, 6) is 0. The molecular formula is C15H12ClNOS. The molecule has 0 amide bonds. The third-order valence-electron chi connectivity index (χ3n) is 3.23. The van der Waals surface area contributed by atoms with Gasteiger partial charge in [-0.15, -0.1) is 11.3 Å². The van der Waals surface area contributed by atoms with Crippen molar-refractivity contribution in [3.05, 3.63) is 44.6 Å². The monoisotopic (exact) mass is 289 g/mol. The van der Waals surface area contributed by atoms with Crippen molar-refractivity contribution in [1.29, 1.82) is 0 Å². The van der Waals surface area contributed by atoms with Gasteiger partial charge < -0.3 is 4.98 Å². The predicted molar refractivity (Wildman–Crippen MR) is 81.5 cm³/mol. The Balaban J connectivity index is 2.35. The van der Waals surface area contributed by atoms with Gasteiger partial charge in [-0.2, -0.15) is 0 Å². The highest BCUT2D eigenvalue weighted by molar-refractivity contribution is 7.12. The molecule has 2 nitrogen and oxygen atoms in total. The molecule has 2 aromatic heterocycles. The Labute approximate surface area is 120 Å². The second-order valence-electron chi connectivity index (χ2n) is 4.55. The number of aryl methyl sites for hydroxylation is 2. The quantitative estimate of drug-likeness (QED) is 0.663. The van der Waals surface area contributed by atoms with Crippen molar-refractivity contribution >= 4 is 40.1 Å². The van der Waals surface area contributed by atoms with Gasteiger partial charge in [0.25, 0.3) is 0 Å². The minimum atomic E-state index is 0.638. The summed E-state index contributed by atoms with van der Waals surface area (Å²) < 4.78 is 0. The minimum Gasteiger partial charge on any atom is -0.354 e. The molecule has 0 saturated carbocycles. The van der Waals surface area contributed by atoms with E-state index in [0.29, 0.717) is 10.6 Å². The Kier molecular flexibility index (Phi) is 2.96. The SMILES string of the molecule is Cc1cc(-c2[nH]c3ccc(Cl)cc3c2C=O)c(C)s1. The van der Waals surface area contributed by atoms with Crippen LogP contribution in [-0.4, -0.2) is 11.3 Å². The third-order valence-corrected chi connectivity index (χ3v) is 4.43. The van der Waals surface area contributed by atoms with Gasteiger partial charge in [0, 0.05) is 36.8 Å². The summed E-state index contributed by atoms with van der Waals surface area (Å²) in [6, 6.07) is 7.67. The van der Waals surface area contributed by atoms with Crippen LogP contribution in [0.25, 0.3) is 22.2 Å². The van der Waals surface area contributed by atoms with Crippen LogP contribution in [0.1, 0.15) is 20.1 Å². The summed E-state index contributed by atoms with van der Waals surface area (Å²) in [6.07, 6.45) is 0.900. The standard InChI is InChI=1S/C15H12ClNOS/c1-8-5-11(9(2)19-8)15-13(7-18)12-6-10(16)3-4-14(12)17-15/h3-7,17H,1-2H3. The van der Waals surface area contributed by atoms with Crippen LogP contribution < -0.4 is 0 Å². The van der Waals surface area contributed by atoms with Gasteiger partial charge in [-0.05, 0) is 38.1 Å². The number of carbonyl (C=O) groups is 1. The number of hydrogen-bond donors (Lipinski definition) is 1. The average molecular weight is 290 g/mol. The first-order valence-electron chi connectivity index (χ1n) is 5.94. The highest BCUT2D eigenvalue weighted by Crippen LogP contribution is 2.35. The van der Waals surface area contributed by atoms with Crippen molar-refractivity contribution in [1.82, 2.24) is 4.98 Å². The lowest BCUT2D eigenvalue weighted by Gasteiger charge is -1.97. The first-order valence-corrected chi connectivity index (χ1v) is 7.13. The van der Waals surface area contributed by atoms with Crippen molar-refractivity contribution in [3.8, 4) is 11.3 Å². The highest BCUT2D eigenvalue weighted by Gasteiger charge is 2.15. The van der Waals surface area contributed by atoms with E-state index in [0.717, 1.165) is 28.4 Å². The second kappa shape index (κ2) is 4.51. The molecule has 4 heteroatoms. The molecule has 0 aliphatic heterocycles. The molecule has 96 valence electrons. The Morgan fingerprint density at radius 2 is 2.05 bits per heavy atom. The van der Waals surface area contributed by atoms with Crippen LogP contribution in [0.4, 0.5) is 0 Å². The number of fused-ring (bicyclic) bond motifs is 1. The van der Waals surface area contributed by atoms with E-state index < -0.39 is 0 Å². The number of aromatic amines is 1. The van der Waals surface area contributed by atoms with Crippen LogP contribution in [0.3, 0.4) is 0 Å². The molecule has 1 N–H and O–H groups in total. The van der Waals surface area contributed by atoms with Crippen molar-refractivity contribution in [2.45, 2.75) is 13.8 Å². The molecule has 0 fully saturated rings. The molecule has 0 radical (unpaired) electrons. The topological polar surface area (TPSA) is 32.9 Å². The predicted octanol–water partition coefficient (Wildman–Crippen LogP) is 4.98. The molecule has 0 unspecified atom stereocenters. The molecule has 0 atom stereocenters. The number of nitrogens with one attached hydrogen (secondary N) is 1. The number of H-pyrrole nitrogens is 1. The van der Waals surface area contributed by atoms with Crippen molar-refractivity contribution in [3.63, 3.8) is 0 Å². The van der Waals surface area contributed by atoms with Crippen molar-refractivity contribution in [2.24, 2.45) is 0 Å². The normalized spacial score (nSPS) is 11.1. The lowest BCUT2D eigenvalue weighted by molar-refractivity contribution is 0.112. The molecule has 3 rings (SSSR count). The molecule has 2 heterocycles. The van der Waals surface area contributed by atoms with Gasteiger partial charge in [0.05, 0.1) is 5.69 Å². The third kappa shape index (κ3) is 1.99. The Bertz CT molecular complexity index is 785. The van der Waals surface area contributed by atoms with Crippen LogP contribution in [0.5, 0.6) is 0 Å². The Morgan fingerprint density at radius 1 is 1.26 bits per heavy atom. The zero-order chi connectivity index (χ0) is 13.6. The molecule has 3 aromatic rings. The zero-order valence-electron chi connectivity index (χ0n) is 10.6. The number of thiophene rings is 1. The first kappa shape index (κ1) is 12.5. The summed E-state index contributed by atoms with van der Waals surface area (Å²) in [4.78, 5) is 17.2. The van der Waals surface area contributed by atoms with Gasteiger partial charge in [0.2, 0.25) is 0 Å². The van der Waals surface area contributed by atoms with E-state index in [1.165, 1.54) is 9.75 Å². The van der Waals surface area contributed by atoms with E-state index in [2.05, 4.69) is 24.9 Å². The van der Waals surface area contributed by atoms with E-state index in [-0.39, 0.29) is 0 Å². The number of benzene rings is 1. The lowest BCUT2D eigenvalue weighted by Crippen LogP contribution is -1.84. The number of aldehydes is 1. The molecule has 0 aliphatic carbocycles. The smallest absolute Gasteiger partial charge is 0.152 e. The maximum Gasteiger partial charge on any atom is 0.152 e. The molecule has 19 heavy (non-hydrogen) atoms. The molecule has 0 spiro atoms. The van der Waals surface area contributed by atoms with E-state index in [4.69, 9.17) is 11.6 Å². The van der Waals surface area contributed by atoms with E-state index in [1.807, 2.05) is 18.2 Å². The second-order valence-corrected chi connectivity index (χ2v) is 6.45. The maximum atomic E-state index is 11.4. The number of carbonyl (C=O) groups excluding carboxylic acids is 1. The summed E-state index contributed by atoms with van der Waals surface area (Å²) in [7, 11) is 0. The minimum absolute atomic E-state index is 0.638. The van der Waals surface area contributed by atoms with Crippen molar-refractivity contribution in [2.75, 3.05) is 0 Å². The number of hydrogen-bond acceptors (Lipinski definition) is 2. The van der Waals surface area contributed by atoms with Crippen LogP contribution in [0, 0.1) is 13.8 Å². The van der Waals surface area contributed by atoms with Gasteiger partial charge >= 0.3 is 0 Å². The van der Waals surface area contributed by atoms with Gasteiger partial charge in [-0.3, -0.25) is 4.79 Å². The number of aromatic nitrogens is 1.